The second kappa shape index (κ2) is 6.52. The standard InChI is InChI=1S/C14H13FN2O4S/c1-10(11-5-3-2-4-6-11)17-14(18)12-7-13(9-16-8-12)21-22(15,19)20/h2-10H,1H3,(H,17,18). The number of aromatic nitrogens is 1. The molecule has 1 atom stereocenters. The Kier molecular flexibility index (Phi) is 4.71. The molecule has 0 fully saturated rings. The van der Waals surface area contributed by atoms with Gasteiger partial charge in [-0.3, -0.25) is 9.78 Å². The Morgan fingerprint density at radius 3 is 2.59 bits per heavy atom. The lowest BCUT2D eigenvalue weighted by Crippen LogP contribution is -2.26. The van der Waals surface area contributed by atoms with Crippen molar-refractivity contribution in [3.8, 4) is 5.75 Å². The summed E-state index contributed by atoms with van der Waals surface area (Å²) in [6.45, 7) is 1.80. The van der Waals surface area contributed by atoms with Crippen molar-refractivity contribution in [1.82, 2.24) is 10.3 Å². The van der Waals surface area contributed by atoms with Crippen molar-refractivity contribution in [2.75, 3.05) is 0 Å². The molecule has 0 aliphatic carbocycles. The van der Waals surface area contributed by atoms with Crippen molar-refractivity contribution < 1.29 is 21.3 Å². The molecular weight excluding hydrogens is 311 g/mol. The first-order chi connectivity index (χ1) is 10.3. The van der Waals surface area contributed by atoms with E-state index in [-0.39, 0.29) is 17.4 Å². The van der Waals surface area contributed by atoms with Crippen molar-refractivity contribution in [2.45, 2.75) is 13.0 Å². The van der Waals surface area contributed by atoms with Crippen LogP contribution in [0.3, 0.4) is 0 Å². The first kappa shape index (κ1) is 15.9. The zero-order chi connectivity index (χ0) is 16.2. The monoisotopic (exact) mass is 324 g/mol. The second-order valence-electron chi connectivity index (χ2n) is 4.49. The van der Waals surface area contributed by atoms with Gasteiger partial charge < -0.3 is 9.50 Å². The van der Waals surface area contributed by atoms with Gasteiger partial charge in [0.05, 0.1) is 17.8 Å². The number of halogens is 1. The first-order valence-electron chi connectivity index (χ1n) is 6.30. The average Bonchev–Trinajstić information content (AvgIpc) is 2.46. The molecule has 6 nitrogen and oxygen atoms in total. The minimum atomic E-state index is -5.16. The van der Waals surface area contributed by atoms with Crippen LogP contribution in [0.15, 0.2) is 48.8 Å². The zero-order valence-corrected chi connectivity index (χ0v) is 12.4. The van der Waals surface area contributed by atoms with Gasteiger partial charge in [-0.2, -0.15) is 8.42 Å². The molecule has 0 saturated heterocycles. The van der Waals surface area contributed by atoms with E-state index < -0.39 is 16.4 Å². The molecule has 0 bridgehead atoms. The predicted octanol–water partition coefficient (Wildman–Crippen LogP) is 2.17. The van der Waals surface area contributed by atoms with Gasteiger partial charge in [-0.25, -0.2) is 0 Å². The summed E-state index contributed by atoms with van der Waals surface area (Å²) < 4.78 is 37.4. The molecule has 1 aromatic heterocycles. The fourth-order valence-electron chi connectivity index (χ4n) is 1.81. The normalized spacial score (nSPS) is 12.5. The number of hydrogen-bond acceptors (Lipinski definition) is 5. The quantitative estimate of drug-likeness (QED) is 0.852. The van der Waals surface area contributed by atoms with E-state index in [2.05, 4.69) is 14.5 Å². The fraction of sp³-hybridized carbons (Fsp3) is 0.143. The van der Waals surface area contributed by atoms with E-state index >= 15 is 0 Å². The van der Waals surface area contributed by atoms with E-state index in [1.54, 1.807) is 6.92 Å². The van der Waals surface area contributed by atoms with Crippen LogP contribution in [0.2, 0.25) is 0 Å². The molecule has 0 spiro atoms. The van der Waals surface area contributed by atoms with Gasteiger partial charge in [0.2, 0.25) is 0 Å². The molecule has 22 heavy (non-hydrogen) atoms. The lowest BCUT2D eigenvalue weighted by molar-refractivity contribution is 0.0939. The van der Waals surface area contributed by atoms with Gasteiger partial charge in [0.25, 0.3) is 5.91 Å². The highest BCUT2D eigenvalue weighted by Crippen LogP contribution is 2.16. The zero-order valence-electron chi connectivity index (χ0n) is 11.6. The van der Waals surface area contributed by atoms with Crippen LogP contribution in [0, 0.1) is 0 Å². The number of carbonyl (C=O) groups excluding carboxylic acids is 1. The molecule has 8 heteroatoms. The number of benzene rings is 1. The summed E-state index contributed by atoms with van der Waals surface area (Å²) in [4.78, 5) is 15.7. The fourth-order valence-corrected chi connectivity index (χ4v) is 2.13. The highest BCUT2D eigenvalue weighted by Gasteiger charge is 2.15. The second-order valence-corrected chi connectivity index (χ2v) is 5.44. The first-order valence-corrected chi connectivity index (χ1v) is 7.61. The molecule has 2 rings (SSSR count). The predicted molar refractivity (Wildman–Crippen MR) is 77.2 cm³/mol. The van der Waals surface area contributed by atoms with E-state index in [0.29, 0.717) is 0 Å². The van der Waals surface area contributed by atoms with Crippen LogP contribution < -0.4 is 9.50 Å². The lowest BCUT2D eigenvalue weighted by atomic mass is 10.1. The van der Waals surface area contributed by atoms with E-state index in [1.165, 1.54) is 6.20 Å². The summed E-state index contributed by atoms with van der Waals surface area (Å²) >= 11 is 0. The highest BCUT2D eigenvalue weighted by molar-refractivity contribution is 7.81. The summed E-state index contributed by atoms with van der Waals surface area (Å²) in [6.07, 6.45) is 2.22. The van der Waals surface area contributed by atoms with Crippen LogP contribution in [-0.2, 0) is 10.5 Å². The number of nitrogens with one attached hydrogen (secondary N) is 1. The van der Waals surface area contributed by atoms with E-state index in [0.717, 1.165) is 17.8 Å². The van der Waals surface area contributed by atoms with Gasteiger partial charge in [0.1, 0.15) is 0 Å². The van der Waals surface area contributed by atoms with Crippen LogP contribution >= 0.6 is 0 Å². The van der Waals surface area contributed by atoms with Crippen LogP contribution in [0.1, 0.15) is 28.9 Å². The number of rotatable bonds is 5. The van der Waals surface area contributed by atoms with Gasteiger partial charge in [-0.05, 0) is 18.6 Å². The van der Waals surface area contributed by atoms with Crippen molar-refractivity contribution in [1.29, 1.82) is 0 Å². The summed E-state index contributed by atoms with van der Waals surface area (Å²) in [5, 5.41) is 2.72. The third kappa shape index (κ3) is 4.52. The Balaban J connectivity index is 2.11. The number of hydrogen-bond donors (Lipinski definition) is 1. The highest BCUT2D eigenvalue weighted by atomic mass is 32.3. The molecular formula is C14H13FN2O4S. The van der Waals surface area contributed by atoms with Crippen LogP contribution in [0.25, 0.3) is 0 Å². The Morgan fingerprint density at radius 1 is 1.27 bits per heavy atom. The van der Waals surface area contributed by atoms with Crippen molar-refractivity contribution in [2.24, 2.45) is 0 Å². The van der Waals surface area contributed by atoms with Gasteiger partial charge in [-0.15, -0.1) is 0 Å². The summed E-state index contributed by atoms with van der Waals surface area (Å²) in [5.74, 6) is -0.854. The average molecular weight is 324 g/mol. The number of nitrogens with zero attached hydrogens (tertiary/aromatic N) is 1. The molecule has 1 N–H and O–H groups in total. The Hall–Kier alpha value is -2.48. The van der Waals surface area contributed by atoms with Gasteiger partial charge in [-0.1, -0.05) is 34.2 Å². The maximum absolute atomic E-state index is 12.5. The maximum atomic E-state index is 12.5. The van der Waals surface area contributed by atoms with E-state index in [9.17, 15) is 17.1 Å². The largest absolute Gasteiger partial charge is 0.488 e. The molecule has 0 aliphatic heterocycles. The van der Waals surface area contributed by atoms with Crippen LogP contribution in [-0.4, -0.2) is 19.3 Å². The van der Waals surface area contributed by atoms with Crippen molar-refractivity contribution in [3.63, 3.8) is 0 Å². The summed E-state index contributed by atoms with van der Waals surface area (Å²) in [6, 6.07) is 10.1. The third-order valence-corrected chi connectivity index (χ3v) is 3.21. The molecule has 0 radical (unpaired) electrons. The topological polar surface area (TPSA) is 85.4 Å². The molecule has 0 saturated carbocycles. The molecule has 1 aromatic carbocycles. The molecule has 1 unspecified atom stereocenters. The summed E-state index contributed by atoms with van der Waals surface area (Å²) in [5.41, 5.74) is 0.964. The van der Waals surface area contributed by atoms with Crippen LogP contribution in [0.5, 0.6) is 5.75 Å². The summed E-state index contributed by atoms with van der Waals surface area (Å²) in [7, 11) is -5.16. The van der Waals surface area contributed by atoms with E-state index in [4.69, 9.17) is 0 Å². The Bertz CT molecular complexity index is 765. The third-order valence-electron chi connectivity index (χ3n) is 2.82. The number of carbonyl (C=O) groups is 1. The number of amides is 1. The SMILES string of the molecule is CC(NC(=O)c1cncc(OS(=O)(=O)F)c1)c1ccccc1. The lowest BCUT2D eigenvalue weighted by Gasteiger charge is -2.14. The molecule has 1 amide bonds. The minimum Gasteiger partial charge on any atom is -0.357 e. The van der Waals surface area contributed by atoms with Gasteiger partial charge in [0, 0.05) is 6.20 Å². The molecule has 1 heterocycles. The molecule has 0 aliphatic rings. The van der Waals surface area contributed by atoms with Crippen LogP contribution in [0.4, 0.5) is 3.89 Å². The maximum Gasteiger partial charge on any atom is 0.488 e. The van der Waals surface area contributed by atoms with Crippen molar-refractivity contribution >= 4 is 16.4 Å². The van der Waals surface area contributed by atoms with Gasteiger partial charge >= 0.3 is 10.5 Å². The minimum absolute atomic E-state index is 0.0592. The Labute approximate surface area is 127 Å². The van der Waals surface area contributed by atoms with E-state index in [1.807, 2.05) is 30.3 Å². The molecule has 2 aromatic rings. The number of pyridine rings is 1. The van der Waals surface area contributed by atoms with Crippen molar-refractivity contribution in [3.05, 3.63) is 59.9 Å². The smallest absolute Gasteiger partial charge is 0.357 e. The molecule has 116 valence electrons. The Morgan fingerprint density at radius 2 is 1.95 bits per heavy atom. The van der Waals surface area contributed by atoms with Gasteiger partial charge in [0.15, 0.2) is 5.75 Å².